The Morgan fingerprint density at radius 3 is 2.85 bits per heavy atom. The van der Waals surface area contributed by atoms with Crippen LogP contribution in [0.2, 0.25) is 0 Å². The molecule has 2 aromatic heterocycles. The molecular formula is C19H24N6O. The molecule has 0 spiro atoms. The van der Waals surface area contributed by atoms with Crippen molar-refractivity contribution in [3.8, 4) is 5.75 Å². The second-order valence-corrected chi connectivity index (χ2v) is 5.90. The fourth-order valence-corrected chi connectivity index (χ4v) is 2.73. The average molecular weight is 352 g/mol. The molecule has 1 aromatic carbocycles. The molecule has 0 bridgehead atoms. The van der Waals surface area contributed by atoms with Gasteiger partial charge in [0.1, 0.15) is 5.75 Å². The van der Waals surface area contributed by atoms with Gasteiger partial charge in [-0.15, -0.1) is 10.2 Å². The van der Waals surface area contributed by atoms with Gasteiger partial charge in [0.25, 0.3) is 0 Å². The number of pyridine rings is 1. The molecule has 0 saturated carbocycles. The van der Waals surface area contributed by atoms with Gasteiger partial charge >= 0.3 is 0 Å². The van der Waals surface area contributed by atoms with E-state index in [1.807, 2.05) is 54.8 Å². The number of guanidine groups is 1. The summed E-state index contributed by atoms with van der Waals surface area (Å²) in [4.78, 5) is 4.66. The van der Waals surface area contributed by atoms with Crippen LogP contribution in [0.25, 0.3) is 5.65 Å². The maximum atomic E-state index is 5.30. The van der Waals surface area contributed by atoms with Crippen molar-refractivity contribution in [2.45, 2.75) is 26.9 Å². The van der Waals surface area contributed by atoms with Crippen molar-refractivity contribution in [2.24, 2.45) is 4.99 Å². The van der Waals surface area contributed by atoms with Crippen LogP contribution in [0.15, 0.2) is 47.6 Å². The molecule has 0 aliphatic rings. The molecule has 0 unspecified atom stereocenters. The zero-order valence-electron chi connectivity index (χ0n) is 15.4. The van der Waals surface area contributed by atoms with Crippen molar-refractivity contribution in [1.29, 1.82) is 0 Å². The van der Waals surface area contributed by atoms with Gasteiger partial charge in [0.15, 0.2) is 17.4 Å². The van der Waals surface area contributed by atoms with E-state index in [0.29, 0.717) is 13.1 Å². The second kappa shape index (κ2) is 8.33. The molecule has 0 aliphatic heterocycles. The zero-order chi connectivity index (χ0) is 18.4. The molecular weight excluding hydrogens is 328 g/mol. The quantitative estimate of drug-likeness (QED) is 0.526. The van der Waals surface area contributed by atoms with E-state index in [1.54, 1.807) is 7.11 Å². The van der Waals surface area contributed by atoms with Gasteiger partial charge in [-0.3, -0.25) is 4.40 Å². The van der Waals surface area contributed by atoms with Gasteiger partial charge in [-0.2, -0.15) is 0 Å². The van der Waals surface area contributed by atoms with E-state index in [9.17, 15) is 0 Å². The van der Waals surface area contributed by atoms with Crippen LogP contribution in [-0.4, -0.2) is 34.2 Å². The Bertz CT molecular complexity index is 902. The summed E-state index contributed by atoms with van der Waals surface area (Å²) in [6.07, 6.45) is 1.95. The van der Waals surface area contributed by atoms with Crippen molar-refractivity contribution in [3.05, 3.63) is 59.5 Å². The Hall–Kier alpha value is -3.09. The maximum Gasteiger partial charge on any atom is 0.191 e. The van der Waals surface area contributed by atoms with Crippen LogP contribution in [0, 0.1) is 6.92 Å². The molecule has 26 heavy (non-hydrogen) atoms. The number of fused-ring (bicyclic) bond motifs is 1. The first-order chi connectivity index (χ1) is 12.7. The lowest BCUT2D eigenvalue weighted by molar-refractivity contribution is 0.411. The lowest BCUT2D eigenvalue weighted by atomic mass is 10.1. The smallest absolute Gasteiger partial charge is 0.191 e. The topological polar surface area (TPSA) is 75.8 Å². The van der Waals surface area contributed by atoms with E-state index in [1.165, 1.54) is 0 Å². The summed E-state index contributed by atoms with van der Waals surface area (Å²) in [5.41, 5.74) is 3.07. The third-order valence-corrected chi connectivity index (χ3v) is 4.02. The Labute approximate surface area is 153 Å². The molecule has 0 aliphatic carbocycles. The van der Waals surface area contributed by atoms with Crippen molar-refractivity contribution >= 4 is 11.6 Å². The molecule has 0 atom stereocenters. The number of hydrogen-bond acceptors (Lipinski definition) is 4. The van der Waals surface area contributed by atoms with Crippen LogP contribution in [0.1, 0.15) is 23.9 Å². The third-order valence-electron chi connectivity index (χ3n) is 4.02. The average Bonchev–Trinajstić information content (AvgIpc) is 3.07. The molecule has 0 saturated heterocycles. The number of nitrogens with one attached hydrogen (secondary N) is 2. The number of aliphatic imine (C=N–C) groups is 1. The summed E-state index contributed by atoms with van der Waals surface area (Å²) in [5, 5.41) is 15.0. The Kier molecular flexibility index (Phi) is 5.68. The minimum atomic E-state index is 0.540. The fraction of sp³-hybridized carbons (Fsp3) is 0.316. The molecule has 7 nitrogen and oxygen atoms in total. The Morgan fingerprint density at radius 1 is 1.19 bits per heavy atom. The van der Waals surface area contributed by atoms with Crippen molar-refractivity contribution in [1.82, 2.24) is 25.2 Å². The first-order valence-corrected chi connectivity index (χ1v) is 8.65. The largest absolute Gasteiger partial charge is 0.496 e. The summed E-state index contributed by atoms with van der Waals surface area (Å²) >= 11 is 0. The minimum absolute atomic E-state index is 0.540. The highest BCUT2D eigenvalue weighted by Crippen LogP contribution is 2.18. The molecule has 7 heteroatoms. The van der Waals surface area contributed by atoms with Gasteiger partial charge in [0.05, 0.1) is 20.2 Å². The molecule has 2 heterocycles. The third kappa shape index (κ3) is 4.11. The molecule has 2 N–H and O–H groups in total. The number of nitrogens with zero attached hydrogens (tertiary/aromatic N) is 4. The normalized spacial score (nSPS) is 11.6. The highest BCUT2D eigenvalue weighted by atomic mass is 16.5. The lowest BCUT2D eigenvalue weighted by Crippen LogP contribution is -2.37. The van der Waals surface area contributed by atoms with Gasteiger partial charge in [0, 0.05) is 12.7 Å². The number of aryl methyl sites for hydroxylation is 1. The number of ether oxygens (including phenoxy) is 1. The summed E-state index contributed by atoms with van der Waals surface area (Å²) in [6, 6.07) is 11.9. The predicted octanol–water partition coefficient (Wildman–Crippen LogP) is 2.30. The molecule has 3 rings (SSSR count). The Morgan fingerprint density at radius 2 is 2.08 bits per heavy atom. The van der Waals surface area contributed by atoms with E-state index in [2.05, 4.69) is 31.9 Å². The van der Waals surface area contributed by atoms with Gasteiger partial charge in [-0.05, 0) is 43.2 Å². The second-order valence-electron chi connectivity index (χ2n) is 5.90. The predicted molar refractivity (Wildman–Crippen MR) is 102 cm³/mol. The van der Waals surface area contributed by atoms with E-state index in [0.717, 1.165) is 40.9 Å². The Balaban J connectivity index is 1.68. The maximum absolute atomic E-state index is 5.30. The summed E-state index contributed by atoms with van der Waals surface area (Å²) in [5.74, 6) is 2.47. The number of hydrogen-bond donors (Lipinski definition) is 2. The summed E-state index contributed by atoms with van der Waals surface area (Å²) in [7, 11) is 1.68. The molecule has 0 fully saturated rings. The summed E-state index contributed by atoms with van der Waals surface area (Å²) < 4.78 is 7.27. The molecule has 136 valence electrons. The van der Waals surface area contributed by atoms with Crippen molar-refractivity contribution < 1.29 is 4.74 Å². The molecule has 0 radical (unpaired) electrons. The van der Waals surface area contributed by atoms with Crippen LogP contribution < -0.4 is 15.4 Å². The standard InChI is InChI=1S/C19H24N6O/c1-4-20-19(21-12-15-8-9-16(26-3)14(2)11-15)22-13-18-24-23-17-7-5-6-10-25(17)18/h5-11H,4,12-13H2,1-3H3,(H2,20,21,22). The number of rotatable bonds is 6. The highest BCUT2D eigenvalue weighted by molar-refractivity contribution is 5.79. The first kappa shape index (κ1) is 17.7. The molecule has 3 aromatic rings. The van der Waals surface area contributed by atoms with Crippen LogP contribution in [0.3, 0.4) is 0 Å². The van der Waals surface area contributed by atoms with Crippen molar-refractivity contribution in [2.75, 3.05) is 13.7 Å². The van der Waals surface area contributed by atoms with Gasteiger partial charge in [0.2, 0.25) is 0 Å². The summed E-state index contributed by atoms with van der Waals surface area (Å²) in [6.45, 7) is 5.99. The monoisotopic (exact) mass is 352 g/mol. The van der Waals surface area contributed by atoms with Crippen LogP contribution >= 0.6 is 0 Å². The molecule has 0 amide bonds. The van der Waals surface area contributed by atoms with Gasteiger partial charge < -0.3 is 15.4 Å². The fourth-order valence-electron chi connectivity index (χ4n) is 2.73. The highest BCUT2D eigenvalue weighted by Gasteiger charge is 2.06. The van der Waals surface area contributed by atoms with E-state index in [4.69, 9.17) is 4.74 Å². The first-order valence-electron chi connectivity index (χ1n) is 8.65. The SMILES string of the molecule is CCNC(=NCc1ccc(OC)c(C)c1)NCc1nnc2ccccn12. The van der Waals surface area contributed by atoms with E-state index in [-0.39, 0.29) is 0 Å². The van der Waals surface area contributed by atoms with E-state index >= 15 is 0 Å². The number of methoxy groups -OCH3 is 1. The van der Waals surface area contributed by atoms with Crippen LogP contribution in [-0.2, 0) is 13.1 Å². The zero-order valence-corrected chi connectivity index (χ0v) is 15.4. The van der Waals surface area contributed by atoms with E-state index < -0.39 is 0 Å². The van der Waals surface area contributed by atoms with Crippen LogP contribution in [0.5, 0.6) is 5.75 Å². The van der Waals surface area contributed by atoms with Gasteiger partial charge in [-0.25, -0.2) is 4.99 Å². The van der Waals surface area contributed by atoms with Crippen LogP contribution in [0.4, 0.5) is 0 Å². The van der Waals surface area contributed by atoms with Gasteiger partial charge in [-0.1, -0.05) is 18.2 Å². The number of benzene rings is 1. The minimum Gasteiger partial charge on any atom is -0.496 e. The van der Waals surface area contributed by atoms with Crippen molar-refractivity contribution in [3.63, 3.8) is 0 Å². The number of aromatic nitrogens is 3. The lowest BCUT2D eigenvalue weighted by Gasteiger charge is -2.11.